The zero-order chi connectivity index (χ0) is 12.3. The van der Waals surface area contributed by atoms with Gasteiger partial charge in [0.25, 0.3) is 0 Å². The summed E-state index contributed by atoms with van der Waals surface area (Å²) in [5, 5.41) is 9.14. The Labute approximate surface area is 103 Å². The van der Waals surface area contributed by atoms with Crippen LogP contribution in [0.1, 0.15) is 18.4 Å². The van der Waals surface area contributed by atoms with E-state index in [1.165, 1.54) is 19.4 Å². The van der Waals surface area contributed by atoms with Crippen molar-refractivity contribution in [2.45, 2.75) is 25.5 Å². The van der Waals surface area contributed by atoms with Gasteiger partial charge in [0.15, 0.2) is 0 Å². The Morgan fingerprint density at radius 2 is 2.41 bits per heavy atom. The first-order valence-electron chi connectivity index (χ1n) is 6.18. The number of rotatable bonds is 3. The molecular weight excluding hydrogens is 214 g/mol. The monoisotopic (exact) mass is 235 g/mol. The van der Waals surface area contributed by atoms with Gasteiger partial charge in [0, 0.05) is 25.8 Å². The van der Waals surface area contributed by atoms with E-state index in [0.717, 1.165) is 17.9 Å². The molecule has 94 valence electrons. The summed E-state index contributed by atoms with van der Waals surface area (Å²) in [5.41, 5.74) is 0.922. The first-order chi connectivity index (χ1) is 8.20. The van der Waals surface area contributed by atoms with E-state index < -0.39 is 0 Å². The fourth-order valence-electron chi connectivity index (χ4n) is 2.39. The molecule has 2 rings (SSSR count). The third kappa shape index (κ3) is 2.96. The summed E-state index contributed by atoms with van der Waals surface area (Å²) in [7, 11) is 4.25. The van der Waals surface area contributed by atoms with E-state index in [4.69, 9.17) is 5.11 Å². The molecule has 1 fully saturated rings. The van der Waals surface area contributed by atoms with E-state index in [0.29, 0.717) is 6.04 Å². The maximum Gasteiger partial charge on any atom is 0.128 e. The van der Waals surface area contributed by atoms with Gasteiger partial charge in [0.1, 0.15) is 5.82 Å². The number of aliphatic hydroxyl groups excluding tert-OH is 1. The molecule has 17 heavy (non-hydrogen) atoms. The van der Waals surface area contributed by atoms with Crippen LogP contribution in [-0.2, 0) is 6.61 Å². The van der Waals surface area contributed by atoms with Crippen LogP contribution in [0.3, 0.4) is 0 Å². The second kappa shape index (κ2) is 5.47. The molecule has 4 heteroatoms. The van der Waals surface area contributed by atoms with E-state index in [1.807, 2.05) is 12.1 Å². The van der Waals surface area contributed by atoms with Crippen molar-refractivity contribution in [3.8, 4) is 0 Å². The number of pyridine rings is 1. The van der Waals surface area contributed by atoms with Crippen LogP contribution < -0.4 is 4.90 Å². The third-order valence-electron chi connectivity index (χ3n) is 3.50. The molecule has 1 aromatic heterocycles. The summed E-state index contributed by atoms with van der Waals surface area (Å²) in [6, 6.07) is 4.34. The van der Waals surface area contributed by atoms with Crippen molar-refractivity contribution in [3.05, 3.63) is 23.9 Å². The van der Waals surface area contributed by atoms with E-state index in [1.54, 1.807) is 6.20 Å². The standard InChI is InChI=1S/C13H21N3O/c1-15-7-3-4-12(9-15)16(2)13-8-11(10-17)5-6-14-13/h5-6,8,12,17H,3-4,7,9-10H2,1-2H3. The first-order valence-corrected chi connectivity index (χ1v) is 6.18. The third-order valence-corrected chi connectivity index (χ3v) is 3.50. The predicted molar refractivity (Wildman–Crippen MR) is 69.1 cm³/mol. The second-order valence-electron chi connectivity index (χ2n) is 4.85. The number of piperidine rings is 1. The van der Waals surface area contributed by atoms with Gasteiger partial charge >= 0.3 is 0 Å². The lowest BCUT2D eigenvalue weighted by molar-refractivity contribution is 0.247. The van der Waals surface area contributed by atoms with Gasteiger partial charge in [-0.3, -0.25) is 0 Å². The molecule has 1 atom stereocenters. The number of aromatic nitrogens is 1. The number of hydrogen-bond acceptors (Lipinski definition) is 4. The highest BCUT2D eigenvalue weighted by molar-refractivity contribution is 5.41. The van der Waals surface area contributed by atoms with Crippen molar-refractivity contribution in [3.63, 3.8) is 0 Å². The fourth-order valence-corrected chi connectivity index (χ4v) is 2.39. The van der Waals surface area contributed by atoms with E-state index in [-0.39, 0.29) is 6.61 Å². The number of nitrogens with zero attached hydrogens (tertiary/aromatic N) is 3. The van der Waals surface area contributed by atoms with Crippen LogP contribution in [0.15, 0.2) is 18.3 Å². The Bertz CT molecular complexity index is 369. The maximum absolute atomic E-state index is 9.14. The lowest BCUT2D eigenvalue weighted by Gasteiger charge is -2.36. The molecule has 4 nitrogen and oxygen atoms in total. The number of likely N-dealkylation sites (tertiary alicyclic amines) is 1. The lowest BCUT2D eigenvalue weighted by atomic mass is 10.1. The van der Waals surface area contributed by atoms with Gasteiger partial charge in [0.2, 0.25) is 0 Å². The first kappa shape index (κ1) is 12.3. The number of anilines is 1. The summed E-state index contributed by atoms with van der Waals surface area (Å²) >= 11 is 0. The number of likely N-dealkylation sites (N-methyl/N-ethyl adjacent to an activating group) is 2. The molecule has 0 spiro atoms. The molecule has 1 unspecified atom stereocenters. The van der Waals surface area contributed by atoms with E-state index in [2.05, 4.69) is 28.9 Å². The fraction of sp³-hybridized carbons (Fsp3) is 0.615. The molecule has 0 bridgehead atoms. The van der Waals surface area contributed by atoms with Crippen LogP contribution in [0.25, 0.3) is 0 Å². The maximum atomic E-state index is 9.14. The highest BCUT2D eigenvalue weighted by Crippen LogP contribution is 2.19. The minimum atomic E-state index is 0.0773. The van der Waals surface area contributed by atoms with Crippen LogP contribution >= 0.6 is 0 Å². The normalized spacial score (nSPS) is 21.5. The molecule has 1 saturated heterocycles. The molecule has 0 aromatic carbocycles. The quantitative estimate of drug-likeness (QED) is 0.852. The van der Waals surface area contributed by atoms with Gasteiger partial charge in [-0.15, -0.1) is 0 Å². The zero-order valence-corrected chi connectivity index (χ0v) is 10.6. The predicted octanol–water partition coefficient (Wildman–Crippen LogP) is 1.10. The Balaban J connectivity index is 2.09. The molecule has 1 aliphatic rings. The van der Waals surface area contributed by atoms with Crippen LogP contribution in [0.4, 0.5) is 5.82 Å². The Kier molecular flexibility index (Phi) is 3.97. The summed E-state index contributed by atoms with van der Waals surface area (Å²) < 4.78 is 0. The number of aliphatic hydroxyl groups is 1. The van der Waals surface area contributed by atoms with Crippen LogP contribution in [0, 0.1) is 0 Å². The topological polar surface area (TPSA) is 39.6 Å². The molecule has 0 amide bonds. The zero-order valence-electron chi connectivity index (χ0n) is 10.6. The van der Waals surface area contributed by atoms with Gasteiger partial charge < -0.3 is 14.9 Å². The van der Waals surface area contributed by atoms with Gasteiger partial charge in [-0.25, -0.2) is 4.98 Å². The Morgan fingerprint density at radius 3 is 3.12 bits per heavy atom. The summed E-state index contributed by atoms with van der Waals surface area (Å²) in [6.07, 6.45) is 4.22. The molecule has 1 aliphatic heterocycles. The smallest absolute Gasteiger partial charge is 0.128 e. The van der Waals surface area contributed by atoms with E-state index >= 15 is 0 Å². The minimum Gasteiger partial charge on any atom is -0.392 e. The van der Waals surface area contributed by atoms with Gasteiger partial charge in [-0.1, -0.05) is 0 Å². The second-order valence-corrected chi connectivity index (χ2v) is 4.85. The van der Waals surface area contributed by atoms with Gasteiger partial charge in [-0.2, -0.15) is 0 Å². The van der Waals surface area contributed by atoms with Crippen LogP contribution in [0.2, 0.25) is 0 Å². The molecule has 0 radical (unpaired) electrons. The van der Waals surface area contributed by atoms with Crippen molar-refractivity contribution in [1.82, 2.24) is 9.88 Å². The molecule has 0 saturated carbocycles. The highest BCUT2D eigenvalue weighted by Gasteiger charge is 2.21. The summed E-state index contributed by atoms with van der Waals surface area (Å²) in [6.45, 7) is 2.35. The molecule has 1 aromatic rings. The Morgan fingerprint density at radius 1 is 1.59 bits per heavy atom. The lowest BCUT2D eigenvalue weighted by Crippen LogP contribution is -2.45. The van der Waals surface area contributed by atoms with Crippen molar-refractivity contribution in [2.24, 2.45) is 0 Å². The summed E-state index contributed by atoms with van der Waals surface area (Å²) in [4.78, 5) is 8.98. The molecule has 2 heterocycles. The number of hydrogen-bond donors (Lipinski definition) is 1. The van der Waals surface area contributed by atoms with Crippen molar-refractivity contribution < 1.29 is 5.11 Å². The summed E-state index contributed by atoms with van der Waals surface area (Å²) in [5.74, 6) is 0.955. The SMILES string of the molecule is CN1CCCC(N(C)c2cc(CO)ccn2)C1. The van der Waals surface area contributed by atoms with E-state index in [9.17, 15) is 0 Å². The highest BCUT2D eigenvalue weighted by atomic mass is 16.3. The van der Waals surface area contributed by atoms with Crippen molar-refractivity contribution in [2.75, 3.05) is 32.1 Å². The van der Waals surface area contributed by atoms with Gasteiger partial charge in [-0.05, 0) is 44.1 Å². The molecular formula is C13H21N3O. The van der Waals surface area contributed by atoms with Crippen molar-refractivity contribution in [1.29, 1.82) is 0 Å². The van der Waals surface area contributed by atoms with Gasteiger partial charge in [0.05, 0.1) is 6.61 Å². The van der Waals surface area contributed by atoms with Crippen LogP contribution in [-0.4, -0.2) is 48.2 Å². The van der Waals surface area contributed by atoms with Crippen molar-refractivity contribution >= 4 is 5.82 Å². The Hall–Kier alpha value is -1.13. The average molecular weight is 235 g/mol. The largest absolute Gasteiger partial charge is 0.392 e. The van der Waals surface area contributed by atoms with Crippen LogP contribution in [0.5, 0.6) is 0 Å². The molecule has 0 aliphatic carbocycles. The molecule has 1 N–H and O–H groups in total. The minimum absolute atomic E-state index is 0.0773. The average Bonchev–Trinajstić information content (AvgIpc) is 2.38.